The minimum atomic E-state index is -0.316. The Hall–Kier alpha value is -2.60. The van der Waals surface area contributed by atoms with Crippen LogP contribution < -0.4 is 14.8 Å². The van der Waals surface area contributed by atoms with Crippen LogP contribution in [0.15, 0.2) is 36.4 Å². The number of aryl methyl sites for hydroxylation is 1. The summed E-state index contributed by atoms with van der Waals surface area (Å²) in [5.74, 6) is 1.11. The van der Waals surface area contributed by atoms with Crippen LogP contribution in [0.5, 0.6) is 11.5 Å². The summed E-state index contributed by atoms with van der Waals surface area (Å²) >= 11 is 0. The zero-order chi connectivity index (χ0) is 19.5. The second-order valence-corrected chi connectivity index (χ2v) is 7.40. The van der Waals surface area contributed by atoms with E-state index in [0.29, 0.717) is 24.5 Å². The molecule has 2 aliphatic heterocycles. The third-order valence-electron chi connectivity index (χ3n) is 5.32. The highest BCUT2D eigenvalue weighted by molar-refractivity contribution is 5.92. The molecule has 2 aliphatic rings. The van der Waals surface area contributed by atoms with E-state index in [1.54, 1.807) is 19.1 Å². The Morgan fingerprint density at radius 1 is 1.14 bits per heavy atom. The van der Waals surface area contributed by atoms with Gasteiger partial charge in [0.05, 0.1) is 19.8 Å². The maximum absolute atomic E-state index is 13.7. The first-order valence-electron chi connectivity index (χ1n) is 9.80. The zero-order valence-corrected chi connectivity index (χ0v) is 16.0. The number of halogens is 1. The van der Waals surface area contributed by atoms with Crippen LogP contribution in [-0.4, -0.2) is 37.1 Å². The molecule has 1 N–H and O–H groups in total. The predicted molar refractivity (Wildman–Crippen MR) is 105 cm³/mol. The van der Waals surface area contributed by atoms with Gasteiger partial charge in [0.2, 0.25) is 5.91 Å². The van der Waals surface area contributed by atoms with E-state index in [1.165, 1.54) is 6.07 Å². The van der Waals surface area contributed by atoms with Gasteiger partial charge < -0.3 is 14.8 Å². The number of likely N-dealkylation sites (tertiary alicyclic amines) is 1. The number of fused-ring (bicyclic) bond motifs is 1. The molecule has 1 saturated heterocycles. The minimum absolute atomic E-state index is 0.135. The van der Waals surface area contributed by atoms with E-state index in [4.69, 9.17) is 9.47 Å². The summed E-state index contributed by atoms with van der Waals surface area (Å²) in [6.45, 7) is 4.15. The lowest BCUT2D eigenvalue weighted by Crippen LogP contribution is -2.33. The van der Waals surface area contributed by atoms with E-state index < -0.39 is 0 Å². The number of benzene rings is 2. The second-order valence-electron chi connectivity index (χ2n) is 7.40. The number of hydrogen-bond acceptors (Lipinski definition) is 4. The highest BCUT2D eigenvalue weighted by Crippen LogP contribution is 2.37. The number of hydrogen-bond donors (Lipinski definition) is 1. The predicted octanol–water partition coefficient (Wildman–Crippen LogP) is 4.07. The Bertz CT molecular complexity index is 871. The van der Waals surface area contributed by atoms with Gasteiger partial charge in [0.15, 0.2) is 11.5 Å². The van der Waals surface area contributed by atoms with Crippen molar-refractivity contribution in [2.45, 2.75) is 32.2 Å². The molecule has 1 amide bonds. The third kappa shape index (κ3) is 4.12. The van der Waals surface area contributed by atoms with Crippen molar-refractivity contribution in [1.29, 1.82) is 0 Å². The van der Waals surface area contributed by atoms with Crippen molar-refractivity contribution in [2.24, 2.45) is 0 Å². The average molecular weight is 384 g/mol. The average Bonchev–Trinajstić information content (AvgIpc) is 3.00. The van der Waals surface area contributed by atoms with E-state index in [1.807, 2.05) is 12.1 Å². The quantitative estimate of drug-likeness (QED) is 0.863. The summed E-state index contributed by atoms with van der Waals surface area (Å²) in [6.07, 6.45) is 2.90. The van der Waals surface area contributed by atoms with Crippen molar-refractivity contribution < 1.29 is 18.7 Å². The highest BCUT2D eigenvalue weighted by atomic mass is 19.1. The number of nitrogens with zero attached hydrogens (tertiary/aromatic N) is 1. The SMILES string of the molecule is Cc1ccc(NC(=O)CN2CCCC2c2ccc3c(c2)OCCCO3)cc1F. The molecule has 0 radical (unpaired) electrons. The number of rotatable bonds is 4. The lowest BCUT2D eigenvalue weighted by molar-refractivity contribution is -0.117. The first-order valence-corrected chi connectivity index (χ1v) is 9.80. The molecule has 0 saturated carbocycles. The van der Waals surface area contributed by atoms with E-state index in [9.17, 15) is 9.18 Å². The van der Waals surface area contributed by atoms with Gasteiger partial charge in [0, 0.05) is 18.2 Å². The lowest BCUT2D eigenvalue weighted by Gasteiger charge is -2.25. The first kappa shape index (κ1) is 18.7. The van der Waals surface area contributed by atoms with Crippen LogP contribution in [0.1, 0.15) is 36.4 Å². The fourth-order valence-electron chi connectivity index (χ4n) is 3.84. The number of anilines is 1. The maximum atomic E-state index is 13.7. The molecule has 1 atom stereocenters. The molecular weight excluding hydrogens is 359 g/mol. The van der Waals surface area contributed by atoms with Gasteiger partial charge in [-0.2, -0.15) is 0 Å². The van der Waals surface area contributed by atoms with Crippen molar-refractivity contribution in [1.82, 2.24) is 4.90 Å². The molecule has 0 spiro atoms. The molecule has 5 nitrogen and oxygen atoms in total. The topological polar surface area (TPSA) is 50.8 Å². The van der Waals surface area contributed by atoms with Gasteiger partial charge in [-0.1, -0.05) is 12.1 Å². The fraction of sp³-hybridized carbons (Fsp3) is 0.409. The largest absolute Gasteiger partial charge is 0.490 e. The number of carbonyl (C=O) groups is 1. The smallest absolute Gasteiger partial charge is 0.238 e. The van der Waals surface area contributed by atoms with Crippen LogP contribution in [-0.2, 0) is 4.79 Å². The van der Waals surface area contributed by atoms with Crippen LogP contribution >= 0.6 is 0 Å². The fourth-order valence-corrected chi connectivity index (χ4v) is 3.84. The zero-order valence-electron chi connectivity index (χ0n) is 16.0. The van der Waals surface area contributed by atoms with Crippen LogP contribution in [0.3, 0.4) is 0 Å². The summed E-state index contributed by atoms with van der Waals surface area (Å²) in [7, 11) is 0. The van der Waals surface area contributed by atoms with E-state index >= 15 is 0 Å². The number of carbonyl (C=O) groups excluding carboxylic acids is 1. The Labute approximate surface area is 164 Å². The van der Waals surface area contributed by atoms with E-state index in [-0.39, 0.29) is 24.3 Å². The Morgan fingerprint density at radius 2 is 1.96 bits per heavy atom. The van der Waals surface area contributed by atoms with Crippen LogP contribution in [0.4, 0.5) is 10.1 Å². The number of nitrogens with one attached hydrogen (secondary N) is 1. The Balaban J connectivity index is 1.44. The molecule has 2 heterocycles. The molecular formula is C22H25FN2O3. The second kappa shape index (κ2) is 8.19. The summed E-state index contributed by atoms with van der Waals surface area (Å²) in [6, 6.07) is 11.0. The first-order chi connectivity index (χ1) is 13.6. The van der Waals surface area contributed by atoms with Crippen LogP contribution in [0, 0.1) is 12.7 Å². The molecule has 1 fully saturated rings. The minimum Gasteiger partial charge on any atom is -0.490 e. The molecule has 6 heteroatoms. The molecule has 4 rings (SSSR count). The van der Waals surface area contributed by atoms with Gasteiger partial charge in [-0.15, -0.1) is 0 Å². The van der Waals surface area contributed by atoms with Crippen molar-refractivity contribution in [3.05, 3.63) is 53.3 Å². The molecule has 1 unspecified atom stereocenters. The number of ether oxygens (including phenoxy) is 2. The summed E-state index contributed by atoms with van der Waals surface area (Å²) in [5.41, 5.74) is 2.18. The van der Waals surface area contributed by atoms with Gasteiger partial charge in [-0.3, -0.25) is 9.69 Å². The van der Waals surface area contributed by atoms with E-state index in [2.05, 4.69) is 16.3 Å². The maximum Gasteiger partial charge on any atom is 0.238 e. The van der Waals surface area contributed by atoms with Crippen molar-refractivity contribution >= 4 is 11.6 Å². The van der Waals surface area contributed by atoms with Gasteiger partial charge >= 0.3 is 0 Å². The van der Waals surface area contributed by atoms with Gasteiger partial charge in [0.25, 0.3) is 0 Å². The van der Waals surface area contributed by atoms with Crippen LogP contribution in [0.2, 0.25) is 0 Å². The normalized spacial score (nSPS) is 19.3. The molecule has 0 aliphatic carbocycles. The summed E-state index contributed by atoms with van der Waals surface area (Å²) in [4.78, 5) is 14.7. The van der Waals surface area contributed by atoms with Crippen molar-refractivity contribution in [3.63, 3.8) is 0 Å². The molecule has 0 aromatic heterocycles. The highest BCUT2D eigenvalue weighted by Gasteiger charge is 2.28. The molecule has 28 heavy (non-hydrogen) atoms. The van der Waals surface area contributed by atoms with Gasteiger partial charge in [-0.05, 0) is 61.7 Å². The molecule has 0 bridgehead atoms. The van der Waals surface area contributed by atoms with Gasteiger partial charge in [0.1, 0.15) is 5.82 Å². The molecule has 2 aromatic carbocycles. The standard InChI is InChI=1S/C22H25FN2O3/c1-15-5-7-17(13-18(15)23)24-22(26)14-25-9-2-4-19(25)16-6-8-20-21(12-16)28-11-3-10-27-20/h5-8,12-13,19H,2-4,9-11,14H2,1H3,(H,24,26). The van der Waals surface area contributed by atoms with E-state index in [0.717, 1.165) is 42.9 Å². The summed E-state index contributed by atoms with van der Waals surface area (Å²) < 4.78 is 25.2. The van der Waals surface area contributed by atoms with Crippen molar-refractivity contribution in [2.75, 3.05) is 31.6 Å². The Morgan fingerprint density at radius 3 is 2.79 bits per heavy atom. The van der Waals surface area contributed by atoms with Crippen LogP contribution in [0.25, 0.3) is 0 Å². The third-order valence-corrected chi connectivity index (χ3v) is 5.32. The Kier molecular flexibility index (Phi) is 5.48. The van der Waals surface area contributed by atoms with Crippen molar-refractivity contribution in [3.8, 4) is 11.5 Å². The molecule has 148 valence electrons. The van der Waals surface area contributed by atoms with Gasteiger partial charge in [-0.25, -0.2) is 4.39 Å². The number of amides is 1. The molecule has 2 aromatic rings. The monoisotopic (exact) mass is 384 g/mol. The summed E-state index contributed by atoms with van der Waals surface area (Å²) in [5, 5.41) is 2.80. The lowest BCUT2D eigenvalue weighted by atomic mass is 10.0.